The van der Waals surface area contributed by atoms with E-state index in [1.807, 2.05) is 24.3 Å². The third-order valence-corrected chi connectivity index (χ3v) is 5.85. The van der Waals surface area contributed by atoms with Crippen LogP contribution in [0.3, 0.4) is 0 Å². The lowest BCUT2D eigenvalue weighted by molar-refractivity contribution is 0.0207. The van der Waals surface area contributed by atoms with Gasteiger partial charge in [-0.15, -0.1) is 0 Å². The summed E-state index contributed by atoms with van der Waals surface area (Å²) in [5, 5.41) is 12.8. The predicted octanol–water partition coefficient (Wildman–Crippen LogP) is 3.90. The molecule has 2 aliphatic rings. The lowest BCUT2D eigenvalue weighted by Gasteiger charge is -2.28. The fourth-order valence-corrected chi connectivity index (χ4v) is 4.48. The molecule has 0 aromatic heterocycles. The van der Waals surface area contributed by atoms with Crippen molar-refractivity contribution in [1.82, 2.24) is 10.2 Å². The maximum absolute atomic E-state index is 12.4. The largest absolute Gasteiger partial charge is 0.449 e. The van der Waals surface area contributed by atoms with Gasteiger partial charge < -0.3 is 24.8 Å². The number of β-amino-alcohol motifs (C(OH)–C–C–N with tert-alkyl or cyclic N) is 1. The monoisotopic (exact) mass is 438 g/mol. The van der Waals surface area contributed by atoms with Crippen LogP contribution in [0.4, 0.5) is 9.59 Å². The van der Waals surface area contributed by atoms with E-state index in [1.54, 1.807) is 20.8 Å². The van der Waals surface area contributed by atoms with Gasteiger partial charge in [-0.3, -0.25) is 0 Å². The lowest BCUT2D eigenvalue weighted by Crippen LogP contribution is -2.45. The van der Waals surface area contributed by atoms with Gasteiger partial charge in [-0.05, 0) is 49.4 Å². The number of hydrogen-bond acceptors (Lipinski definition) is 5. The first-order valence-corrected chi connectivity index (χ1v) is 11.0. The van der Waals surface area contributed by atoms with Crippen LogP contribution in [0.1, 0.15) is 44.2 Å². The van der Waals surface area contributed by atoms with Crippen molar-refractivity contribution in [2.24, 2.45) is 0 Å². The van der Waals surface area contributed by atoms with Crippen molar-refractivity contribution in [3.05, 3.63) is 59.7 Å². The fourth-order valence-electron chi connectivity index (χ4n) is 4.48. The summed E-state index contributed by atoms with van der Waals surface area (Å²) in [6.45, 7) is 5.98. The number of benzene rings is 2. The predicted molar refractivity (Wildman–Crippen MR) is 120 cm³/mol. The van der Waals surface area contributed by atoms with Gasteiger partial charge in [-0.1, -0.05) is 48.5 Å². The van der Waals surface area contributed by atoms with E-state index >= 15 is 0 Å². The second kappa shape index (κ2) is 8.82. The molecule has 32 heavy (non-hydrogen) atoms. The Morgan fingerprint density at radius 3 is 2.25 bits per heavy atom. The molecule has 1 saturated heterocycles. The number of carbonyl (C=O) groups is 2. The molecule has 2 N–H and O–H groups in total. The van der Waals surface area contributed by atoms with Crippen LogP contribution in [-0.4, -0.2) is 59.6 Å². The first kappa shape index (κ1) is 22.1. The number of fused-ring (bicyclic) bond motifs is 3. The Bertz CT molecular complexity index is 954. The maximum Gasteiger partial charge on any atom is 0.410 e. The Kier molecular flexibility index (Phi) is 6.11. The van der Waals surface area contributed by atoms with Crippen molar-refractivity contribution < 1.29 is 24.2 Å². The molecule has 0 radical (unpaired) electrons. The van der Waals surface area contributed by atoms with E-state index in [0.29, 0.717) is 6.42 Å². The molecule has 2 aromatic rings. The molecule has 1 heterocycles. The van der Waals surface area contributed by atoms with Crippen LogP contribution in [0.2, 0.25) is 0 Å². The third kappa shape index (κ3) is 4.72. The lowest BCUT2D eigenvalue weighted by atomic mass is 9.98. The quantitative estimate of drug-likeness (QED) is 0.756. The van der Waals surface area contributed by atoms with Gasteiger partial charge in [0.1, 0.15) is 12.2 Å². The molecule has 1 fully saturated rings. The van der Waals surface area contributed by atoms with Gasteiger partial charge in [0.25, 0.3) is 0 Å². The highest BCUT2D eigenvalue weighted by molar-refractivity contribution is 5.79. The summed E-state index contributed by atoms with van der Waals surface area (Å²) in [6, 6.07) is 16.0. The number of aliphatic hydroxyl groups excluding tert-OH is 1. The van der Waals surface area contributed by atoms with Crippen LogP contribution in [0.5, 0.6) is 0 Å². The molecule has 2 amide bonds. The molecule has 2 aromatic carbocycles. The van der Waals surface area contributed by atoms with E-state index in [2.05, 4.69) is 29.6 Å². The van der Waals surface area contributed by atoms with E-state index in [-0.39, 0.29) is 31.7 Å². The summed E-state index contributed by atoms with van der Waals surface area (Å²) in [7, 11) is 0. The Morgan fingerprint density at radius 1 is 1.06 bits per heavy atom. The van der Waals surface area contributed by atoms with Crippen molar-refractivity contribution in [3.63, 3.8) is 0 Å². The van der Waals surface area contributed by atoms with E-state index < -0.39 is 23.9 Å². The van der Waals surface area contributed by atoms with Gasteiger partial charge in [-0.2, -0.15) is 0 Å². The van der Waals surface area contributed by atoms with Crippen LogP contribution in [-0.2, 0) is 9.47 Å². The minimum Gasteiger partial charge on any atom is -0.449 e. The Morgan fingerprint density at radius 2 is 1.66 bits per heavy atom. The summed E-state index contributed by atoms with van der Waals surface area (Å²) in [4.78, 5) is 26.4. The number of carbonyl (C=O) groups excluding carboxylic acids is 2. The van der Waals surface area contributed by atoms with Crippen LogP contribution in [0.25, 0.3) is 11.1 Å². The molecule has 170 valence electrons. The number of hydrogen-bond donors (Lipinski definition) is 2. The molecule has 2 atom stereocenters. The molecule has 4 rings (SSSR count). The molecule has 7 nitrogen and oxygen atoms in total. The number of nitrogens with one attached hydrogen (secondary N) is 1. The minimum absolute atomic E-state index is 0.0142. The number of ether oxygens (including phenoxy) is 2. The standard InChI is InChI=1S/C25H30N2O5/c1-25(2,3)32-24(30)27-14-17(28)12-16(27)13-26-23(29)31-15-22-20-10-6-4-8-18(20)19-9-5-7-11-21(19)22/h4-11,16-17,22,28H,12-15H2,1-3H3,(H,26,29)/t16-,17-/m1/s1. The van der Waals surface area contributed by atoms with Crippen molar-refractivity contribution in [1.29, 1.82) is 0 Å². The zero-order valence-electron chi connectivity index (χ0n) is 18.7. The number of rotatable bonds is 4. The second-order valence-electron chi connectivity index (χ2n) is 9.38. The van der Waals surface area contributed by atoms with Gasteiger partial charge in [-0.25, -0.2) is 9.59 Å². The second-order valence-corrected chi connectivity index (χ2v) is 9.38. The molecule has 0 bridgehead atoms. The van der Waals surface area contributed by atoms with Gasteiger partial charge in [0.05, 0.1) is 18.7 Å². The first-order valence-electron chi connectivity index (χ1n) is 11.0. The summed E-state index contributed by atoms with van der Waals surface area (Å²) in [6.07, 6.45) is -1.30. The van der Waals surface area contributed by atoms with E-state index in [4.69, 9.17) is 9.47 Å². The molecule has 0 spiro atoms. The third-order valence-electron chi connectivity index (χ3n) is 5.85. The van der Waals surface area contributed by atoms with Crippen LogP contribution < -0.4 is 5.32 Å². The summed E-state index contributed by atoms with van der Waals surface area (Å²) in [5.74, 6) is -0.0142. The molecule has 7 heteroatoms. The highest BCUT2D eigenvalue weighted by Crippen LogP contribution is 2.44. The summed E-state index contributed by atoms with van der Waals surface area (Å²) in [5.41, 5.74) is 4.01. The first-order chi connectivity index (χ1) is 15.2. The zero-order valence-corrected chi connectivity index (χ0v) is 18.7. The smallest absolute Gasteiger partial charge is 0.410 e. The molecular weight excluding hydrogens is 408 g/mol. The van der Waals surface area contributed by atoms with E-state index in [1.165, 1.54) is 16.0 Å². The molecule has 0 unspecified atom stereocenters. The minimum atomic E-state index is -0.642. The Labute approximate surface area is 188 Å². The average molecular weight is 439 g/mol. The van der Waals surface area contributed by atoms with Crippen molar-refractivity contribution in [2.75, 3.05) is 19.7 Å². The molecular formula is C25H30N2O5. The maximum atomic E-state index is 12.4. The SMILES string of the molecule is CC(C)(C)OC(=O)N1C[C@H](O)C[C@@H]1CNC(=O)OCC1c2ccccc2-c2ccccc21. The zero-order chi connectivity index (χ0) is 22.9. The number of amides is 2. The van der Waals surface area contributed by atoms with Crippen molar-refractivity contribution in [3.8, 4) is 11.1 Å². The number of likely N-dealkylation sites (tertiary alicyclic amines) is 1. The number of alkyl carbamates (subject to hydrolysis) is 1. The number of aliphatic hydroxyl groups is 1. The van der Waals surface area contributed by atoms with Crippen molar-refractivity contribution >= 4 is 12.2 Å². The summed E-state index contributed by atoms with van der Waals surface area (Å²) >= 11 is 0. The van der Waals surface area contributed by atoms with Gasteiger partial charge in [0, 0.05) is 12.5 Å². The Hall–Kier alpha value is -3.06. The summed E-state index contributed by atoms with van der Waals surface area (Å²) < 4.78 is 11.0. The van der Waals surface area contributed by atoms with E-state index in [0.717, 1.165) is 11.1 Å². The Balaban J connectivity index is 1.34. The van der Waals surface area contributed by atoms with Gasteiger partial charge >= 0.3 is 12.2 Å². The molecule has 1 aliphatic carbocycles. The normalized spacial score (nSPS) is 19.9. The highest BCUT2D eigenvalue weighted by Gasteiger charge is 2.37. The van der Waals surface area contributed by atoms with Crippen LogP contribution >= 0.6 is 0 Å². The van der Waals surface area contributed by atoms with Crippen LogP contribution in [0, 0.1) is 0 Å². The van der Waals surface area contributed by atoms with Crippen LogP contribution in [0.15, 0.2) is 48.5 Å². The van der Waals surface area contributed by atoms with Crippen molar-refractivity contribution in [2.45, 2.75) is 50.9 Å². The fraction of sp³-hybridized carbons (Fsp3) is 0.440. The van der Waals surface area contributed by atoms with Gasteiger partial charge in [0.2, 0.25) is 0 Å². The molecule has 0 saturated carbocycles. The van der Waals surface area contributed by atoms with E-state index in [9.17, 15) is 14.7 Å². The molecule has 1 aliphatic heterocycles. The topological polar surface area (TPSA) is 88.1 Å². The van der Waals surface area contributed by atoms with Gasteiger partial charge in [0.15, 0.2) is 0 Å². The average Bonchev–Trinajstić information content (AvgIpc) is 3.27. The number of nitrogens with zero attached hydrogens (tertiary/aromatic N) is 1. The highest BCUT2D eigenvalue weighted by atomic mass is 16.6.